The molecule has 0 spiro atoms. The summed E-state index contributed by atoms with van der Waals surface area (Å²) in [4.78, 5) is 11.3. The average Bonchev–Trinajstić information content (AvgIpc) is 2.55. The summed E-state index contributed by atoms with van der Waals surface area (Å²) in [6.45, 7) is 1.89. The van der Waals surface area contributed by atoms with Gasteiger partial charge in [0, 0.05) is 11.8 Å². The van der Waals surface area contributed by atoms with Gasteiger partial charge in [0.15, 0.2) is 0 Å². The highest BCUT2D eigenvalue weighted by Gasteiger charge is 2.17. The summed E-state index contributed by atoms with van der Waals surface area (Å²) in [6, 6.07) is 13.1. The van der Waals surface area contributed by atoms with Crippen LogP contribution in [0.5, 0.6) is 5.75 Å². The zero-order valence-electron chi connectivity index (χ0n) is 12.7. The fourth-order valence-electron chi connectivity index (χ4n) is 1.78. The largest absolute Gasteiger partial charge is 0.450 e. The van der Waals surface area contributed by atoms with Crippen LogP contribution in [-0.4, -0.2) is 21.1 Å². The zero-order chi connectivity index (χ0) is 17.6. The maximum atomic E-state index is 12.2. The minimum atomic E-state index is -4.05. The smallest absolute Gasteiger partial charge is 0.411 e. The molecule has 0 fully saturated rings. The van der Waals surface area contributed by atoms with Crippen molar-refractivity contribution in [2.75, 3.05) is 11.9 Å². The Kier molecular flexibility index (Phi) is 5.39. The zero-order valence-corrected chi connectivity index (χ0v) is 13.5. The maximum Gasteiger partial charge on any atom is 0.411 e. The van der Waals surface area contributed by atoms with Crippen molar-refractivity contribution in [3.05, 3.63) is 54.1 Å². The molecule has 2 aromatic rings. The van der Waals surface area contributed by atoms with E-state index >= 15 is 0 Å². The van der Waals surface area contributed by atoms with Gasteiger partial charge in [-0.2, -0.15) is 13.7 Å². The van der Waals surface area contributed by atoms with E-state index in [1.807, 2.05) is 6.07 Å². The highest BCUT2D eigenvalue weighted by molar-refractivity contribution is 7.87. The molecule has 24 heavy (non-hydrogen) atoms. The Morgan fingerprint density at radius 1 is 1.21 bits per heavy atom. The van der Waals surface area contributed by atoms with Crippen LogP contribution in [0.3, 0.4) is 0 Å². The quantitative estimate of drug-likeness (QED) is 0.835. The summed E-state index contributed by atoms with van der Waals surface area (Å²) in [5.74, 6) is 0.0358. The number of hydrogen-bond acceptors (Lipinski definition) is 6. The van der Waals surface area contributed by atoms with Gasteiger partial charge in [-0.3, -0.25) is 5.32 Å². The van der Waals surface area contributed by atoms with Gasteiger partial charge in [0.2, 0.25) is 0 Å². The molecule has 2 aromatic carbocycles. The number of nitriles is 1. The summed E-state index contributed by atoms with van der Waals surface area (Å²) in [5, 5.41) is 11.2. The van der Waals surface area contributed by atoms with E-state index in [9.17, 15) is 13.2 Å². The second-order valence-corrected chi connectivity index (χ2v) is 6.09. The highest BCUT2D eigenvalue weighted by atomic mass is 32.2. The maximum absolute atomic E-state index is 12.2. The van der Waals surface area contributed by atoms with Crippen LogP contribution in [0.2, 0.25) is 0 Å². The Hall–Kier alpha value is -3.05. The van der Waals surface area contributed by atoms with Crippen molar-refractivity contribution in [3.8, 4) is 11.8 Å². The second kappa shape index (κ2) is 7.48. The monoisotopic (exact) mass is 346 g/mol. The Morgan fingerprint density at radius 3 is 2.54 bits per heavy atom. The lowest BCUT2D eigenvalue weighted by atomic mass is 10.2. The lowest BCUT2D eigenvalue weighted by Gasteiger charge is -2.09. The number of anilines is 1. The SMILES string of the molecule is CCOC(=O)Nc1cccc(OS(=O)(=O)c2ccc(C#N)cc2)c1. The molecule has 0 aliphatic carbocycles. The first kappa shape index (κ1) is 17.3. The predicted molar refractivity (Wildman–Crippen MR) is 86.1 cm³/mol. The van der Waals surface area contributed by atoms with E-state index in [1.165, 1.54) is 42.5 Å². The number of amides is 1. The second-order valence-electron chi connectivity index (χ2n) is 4.55. The highest BCUT2D eigenvalue weighted by Crippen LogP contribution is 2.22. The fourth-order valence-corrected chi connectivity index (χ4v) is 2.70. The first-order valence-corrected chi connectivity index (χ1v) is 8.34. The Morgan fingerprint density at radius 2 is 1.92 bits per heavy atom. The third-order valence-corrected chi connectivity index (χ3v) is 4.10. The number of carbonyl (C=O) groups is 1. The third kappa shape index (κ3) is 4.47. The molecular formula is C16H14N2O5S. The molecule has 0 heterocycles. The van der Waals surface area contributed by atoms with E-state index < -0.39 is 16.2 Å². The molecule has 0 saturated heterocycles. The van der Waals surface area contributed by atoms with Crippen molar-refractivity contribution in [2.45, 2.75) is 11.8 Å². The number of nitrogens with one attached hydrogen (secondary N) is 1. The van der Waals surface area contributed by atoms with Crippen LogP contribution in [0.15, 0.2) is 53.4 Å². The van der Waals surface area contributed by atoms with Gasteiger partial charge in [0.25, 0.3) is 0 Å². The molecule has 2 rings (SSSR count). The van der Waals surface area contributed by atoms with Crippen molar-refractivity contribution >= 4 is 21.9 Å². The van der Waals surface area contributed by atoms with E-state index in [0.29, 0.717) is 11.3 Å². The molecule has 0 unspecified atom stereocenters. The van der Waals surface area contributed by atoms with E-state index in [2.05, 4.69) is 5.32 Å². The molecule has 0 aliphatic rings. The van der Waals surface area contributed by atoms with Gasteiger partial charge >= 0.3 is 16.2 Å². The van der Waals surface area contributed by atoms with Gasteiger partial charge in [-0.25, -0.2) is 4.79 Å². The van der Waals surface area contributed by atoms with Gasteiger partial charge in [0.1, 0.15) is 10.6 Å². The first-order chi connectivity index (χ1) is 11.4. The van der Waals surface area contributed by atoms with Crippen LogP contribution in [0.25, 0.3) is 0 Å². The Bertz CT molecular complexity index is 870. The number of hydrogen-bond donors (Lipinski definition) is 1. The van der Waals surface area contributed by atoms with E-state index in [-0.39, 0.29) is 17.3 Å². The van der Waals surface area contributed by atoms with Crippen molar-refractivity contribution in [1.29, 1.82) is 5.26 Å². The Balaban J connectivity index is 2.17. The van der Waals surface area contributed by atoms with Crippen molar-refractivity contribution in [3.63, 3.8) is 0 Å². The predicted octanol–water partition coefficient (Wildman–Crippen LogP) is 2.89. The molecule has 1 N–H and O–H groups in total. The van der Waals surface area contributed by atoms with Crippen LogP contribution in [-0.2, 0) is 14.9 Å². The molecule has 8 heteroatoms. The molecule has 0 aromatic heterocycles. The lowest BCUT2D eigenvalue weighted by Crippen LogP contribution is -2.14. The van der Waals surface area contributed by atoms with Gasteiger partial charge in [0.05, 0.1) is 18.2 Å². The molecule has 1 amide bonds. The van der Waals surface area contributed by atoms with E-state index in [4.69, 9.17) is 14.2 Å². The Labute approximate surface area is 139 Å². The van der Waals surface area contributed by atoms with Crippen molar-refractivity contribution in [1.82, 2.24) is 0 Å². The average molecular weight is 346 g/mol. The van der Waals surface area contributed by atoms with Crippen molar-refractivity contribution in [2.24, 2.45) is 0 Å². The minimum absolute atomic E-state index is 0.0358. The standard InChI is InChI=1S/C16H14N2O5S/c1-2-22-16(19)18-13-4-3-5-14(10-13)23-24(20,21)15-8-6-12(11-17)7-9-15/h3-10H,2H2,1H3,(H,18,19). The van der Waals surface area contributed by atoms with Crippen LogP contribution < -0.4 is 9.50 Å². The number of benzene rings is 2. The number of ether oxygens (including phenoxy) is 1. The number of carbonyl (C=O) groups excluding carboxylic acids is 1. The summed E-state index contributed by atoms with van der Waals surface area (Å²) in [5.41, 5.74) is 0.676. The molecule has 0 atom stereocenters. The van der Waals surface area contributed by atoms with Gasteiger partial charge in [-0.15, -0.1) is 0 Å². The molecule has 0 saturated carbocycles. The summed E-state index contributed by atoms with van der Waals surface area (Å²) < 4.78 is 34.2. The number of nitrogens with zero attached hydrogens (tertiary/aromatic N) is 1. The molecule has 0 radical (unpaired) electrons. The third-order valence-electron chi connectivity index (χ3n) is 2.83. The summed E-state index contributed by atoms with van der Waals surface area (Å²) in [6.07, 6.45) is -0.649. The topological polar surface area (TPSA) is 105 Å². The van der Waals surface area contributed by atoms with E-state index in [1.54, 1.807) is 13.0 Å². The van der Waals surface area contributed by atoms with Crippen molar-refractivity contribution < 1.29 is 22.1 Å². The molecule has 0 aliphatic heterocycles. The van der Waals surface area contributed by atoms with E-state index in [0.717, 1.165) is 0 Å². The molecular weight excluding hydrogens is 332 g/mol. The van der Waals surface area contributed by atoms with Gasteiger partial charge in [-0.1, -0.05) is 6.07 Å². The minimum Gasteiger partial charge on any atom is -0.450 e. The van der Waals surface area contributed by atoms with Crippen LogP contribution in [0, 0.1) is 11.3 Å². The molecule has 124 valence electrons. The van der Waals surface area contributed by atoms with Gasteiger partial charge < -0.3 is 8.92 Å². The normalized spacial score (nSPS) is 10.5. The first-order valence-electron chi connectivity index (χ1n) is 6.93. The molecule has 0 bridgehead atoms. The van der Waals surface area contributed by atoms with Crippen LogP contribution >= 0.6 is 0 Å². The van der Waals surface area contributed by atoms with Gasteiger partial charge in [-0.05, 0) is 43.3 Å². The lowest BCUT2D eigenvalue weighted by molar-refractivity contribution is 0.168. The summed E-state index contributed by atoms with van der Waals surface area (Å²) in [7, 11) is -4.05. The number of rotatable bonds is 5. The van der Waals surface area contributed by atoms with Crippen LogP contribution in [0.1, 0.15) is 12.5 Å². The van der Waals surface area contributed by atoms with Crippen LogP contribution in [0.4, 0.5) is 10.5 Å². The molecule has 7 nitrogen and oxygen atoms in total. The summed E-state index contributed by atoms with van der Waals surface area (Å²) >= 11 is 0. The fraction of sp³-hybridized carbons (Fsp3) is 0.125.